The zero-order chi connectivity index (χ0) is 20.5. The number of rotatable bonds is 5. The average Bonchev–Trinajstić information content (AvgIpc) is 2.63. The maximum Gasteiger partial charge on any atom is 0.330 e. The number of nitrogens with one attached hydrogen (secondary N) is 1. The van der Waals surface area contributed by atoms with Gasteiger partial charge in [-0.25, -0.2) is 9.46 Å². The summed E-state index contributed by atoms with van der Waals surface area (Å²) in [6.45, 7) is 5.84. The summed E-state index contributed by atoms with van der Waals surface area (Å²) in [5.41, 5.74) is 5.44. The summed E-state index contributed by atoms with van der Waals surface area (Å²) in [6, 6.07) is 0.159. The number of ether oxygens (including phenoxy) is 1. The van der Waals surface area contributed by atoms with E-state index in [0.29, 0.717) is 31.7 Å². The lowest BCUT2D eigenvalue weighted by Gasteiger charge is -2.38. The minimum atomic E-state index is -2.93. The molecule has 0 amide bonds. The monoisotopic (exact) mass is 415 g/mol. The van der Waals surface area contributed by atoms with Gasteiger partial charge in [0.15, 0.2) is 6.23 Å². The molecular weight excluding hydrogens is 385 g/mol. The number of H-pyrrole nitrogens is 1. The molecule has 1 aromatic heterocycles. The lowest BCUT2D eigenvalue weighted by atomic mass is 10.1. The molecule has 2 aliphatic rings. The quantitative estimate of drug-likeness (QED) is 0.641. The normalized spacial score (nSPS) is 27.6. The first-order chi connectivity index (χ1) is 13.2. The first kappa shape index (κ1) is 21.4. The zero-order valence-corrected chi connectivity index (χ0v) is 17.6. The Morgan fingerprint density at radius 3 is 2.68 bits per heavy atom. The van der Waals surface area contributed by atoms with E-state index in [1.165, 1.54) is 10.8 Å². The third-order valence-electron chi connectivity index (χ3n) is 5.32. The number of hydrogen-bond donors (Lipinski definition) is 2. The second kappa shape index (κ2) is 8.61. The Kier molecular flexibility index (Phi) is 6.58. The number of hydrogen-bond acceptors (Lipinski definition) is 7. The highest BCUT2D eigenvalue weighted by molar-refractivity contribution is 7.55. The molecule has 3 atom stereocenters. The van der Waals surface area contributed by atoms with Crippen molar-refractivity contribution < 1.29 is 13.8 Å². The highest BCUT2D eigenvalue weighted by atomic mass is 31.2. The molecule has 3 rings (SSSR count). The minimum Gasteiger partial charge on any atom is -0.350 e. The van der Waals surface area contributed by atoms with Gasteiger partial charge in [-0.15, -0.1) is 0 Å². The number of nitrogens with zero attached hydrogens (tertiary/aromatic N) is 3. The second-order valence-corrected chi connectivity index (χ2v) is 10.2. The molecule has 2 saturated heterocycles. The molecule has 2 fully saturated rings. The van der Waals surface area contributed by atoms with Crippen LogP contribution in [-0.2, 0) is 13.8 Å². The number of morpholine rings is 1. The Hall–Kier alpha value is -1.29. The van der Waals surface area contributed by atoms with Crippen molar-refractivity contribution in [3.8, 4) is 0 Å². The Morgan fingerprint density at radius 1 is 1.32 bits per heavy atom. The molecule has 0 spiro atoms. The SMILES string of the molecule is Cc1cn(C2CN(C)C[C@@H](COP(C)(=O)N3CCC(N)CC3)O2)c(=O)[nH]c1=O. The molecule has 2 unspecified atom stereocenters. The van der Waals surface area contributed by atoms with Crippen LogP contribution in [0.2, 0.25) is 0 Å². The van der Waals surface area contributed by atoms with Crippen LogP contribution in [0.25, 0.3) is 0 Å². The van der Waals surface area contributed by atoms with Gasteiger partial charge in [-0.1, -0.05) is 0 Å². The van der Waals surface area contributed by atoms with Crippen molar-refractivity contribution in [1.29, 1.82) is 0 Å². The molecule has 0 aromatic carbocycles. The molecule has 2 aliphatic heterocycles. The predicted octanol–water partition coefficient (Wildman–Crippen LogP) is -0.0632. The van der Waals surface area contributed by atoms with Crippen molar-refractivity contribution in [2.75, 3.05) is 46.5 Å². The maximum atomic E-state index is 13.0. The largest absolute Gasteiger partial charge is 0.350 e. The summed E-state index contributed by atoms with van der Waals surface area (Å²) in [6.07, 6.45) is 2.22. The fourth-order valence-electron chi connectivity index (χ4n) is 3.59. The van der Waals surface area contributed by atoms with Gasteiger partial charge >= 0.3 is 5.69 Å². The third kappa shape index (κ3) is 5.00. The molecule has 3 heterocycles. The van der Waals surface area contributed by atoms with Crippen molar-refractivity contribution in [2.45, 2.75) is 38.1 Å². The fraction of sp³-hybridized carbons (Fsp3) is 0.765. The van der Waals surface area contributed by atoms with Crippen LogP contribution in [0, 0.1) is 6.92 Å². The number of nitrogens with two attached hydrogens (primary N) is 1. The zero-order valence-electron chi connectivity index (χ0n) is 16.7. The Labute approximate surface area is 164 Å². The van der Waals surface area contributed by atoms with Crippen LogP contribution in [-0.4, -0.2) is 77.8 Å². The number of likely N-dealkylation sites (N-methyl/N-ethyl adjacent to an activating group) is 1. The minimum absolute atomic E-state index is 0.159. The van der Waals surface area contributed by atoms with Crippen molar-refractivity contribution in [1.82, 2.24) is 19.1 Å². The summed E-state index contributed by atoms with van der Waals surface area (Å²) in [5.74, 6) is 0. The number of aryl methyl sites for hydroxylation is 1. The van der Waals surface area contributed by atoms with Crippen molar-refractivity contribution >= 4 is 7.52 Å². The van der Waals surface area contributed by atoms with E-state index in [1.807, 2.05) is 16.6 Å². The van der Waals surface area contributed by atoms with E-state index < -0.39 is 25.0 Å². The molecule has 10 nitrogen and oxygen atoms in total. The molecule has 158 valence electrons. The first-order valence-electron chi connectivity index (χ1n) is 9.55. The highest BCUT2D eigenvalue weighted by Crippen LogP contribution is 2.48. The molecule has 11 heteroatoms. The van der Waals surface area contributed by atoms with Gasteiger partial charge in [0.2, 0.25) is 0 Å². The van der Waals surface area contributed by atoms with Gasteiger partial charge in [-0.3, -0.25) is 23.8 Å². The van der Waals surface area contributed by atoms with Crippen LogP contribution in [0.3, 0.4) is 0 Å². The van der Waals surface area contributed by atoms with Crippen molar-refractivity contribution in [2.24, 2.45) is 5.73 Å². The molecule has 0 radical (unpaired) electrons. The summed E-state index contributed by atoms with van der Waals surface area (Å²) >= 11 is 0. The van der Waals surface area contributed by atoms with E-state index in [1.54, 1.807) is 13.6 Å². The van der Waals surface area contributed by atoms with Crippen LogP contribution in [0.4, 0.5) is 0 Å². The third-order valence-corrected chi connectivity index (χ3v) is 7.37. The highest BCUT2D eigenvalue weighted by Gasteiger charge is 2.33. The van der Waals surface area contributed by atoms with Crippen LogP contribution < -0.4 is 17.0 Å². The molecule has 3 N–H and O–H groups in total. The maximum absolute atomic E-state index is 13.0. The van der Waals surface area contributed by atoms with E-state index in [4.69, 9.17) is 15.0 Å². The van der Waals surface area contributed by atoms with Crippen LogP contribution in [0.5, 0.6) is 0 Å². The second-order valence-electron chi connectivity index (χ2n) is 7.80. The summed E-state index contributed by atoms with van der Waals surface area (Å²) in [4.78, 5) is 28.1. The lowest BCUT2D eigenvalue weighted by Crippen LogP contribution is -2.48. The van der Waals surface area contributed by atoms with E-state index in [-0.39, 0.29) is 18.8 Å². The topological polar surface area (TPSA) is 123 Å². The van der Waals surface area contributed by atoms with Crippen LogP contribution in [0.1, 0.15) is 24.6 Å². The molecule has 0 aliphatic carbocycles. The van der Waals surface area contributed by atoms with Crippen molar-refractivity contribution in [3.63, 3.8) is 0 Å². The summed E-state index contributed by atoms with van der Waals surface area (Å²) in [5, 5.41) is 0. The van der Waals surface area contributed by atoms with Gasteiger partial charge in [0.05, 0.1) is 12.7 Å². The van der Waals surface area contributed by atoms with Crippen LogP contribution >= 0.6 is 7.52 Å². The first-order valence-corrected chi connectivity index (χ1v) is 11.6. The Bertz CT molecular complexity index is 847. The van der Waals surface area contributed by atoms with Crippen molar-refractivity contribution in [3.05, 3.63) is 32.6 Å². The number of piperidine rings is 1. The molecular formula is C17H30N5O5P. The molecule has 1 aromatic rings. The molecule has 28 heavy (non-hydrogen) atoms. The van der Waals surface area contributed by atoms with E-state index in [9.17, 15) is 14.2 Å². The average molecular weight is 415 g/mol. The number of aromatic amines is 1. The smallest absolute Gasteiger partial charge is 0.330 e. The molecule has 0 saturated carbocycles. The lowest BCUT2D eigenvalue weighted by molar-refractivity contribution is -0.128. The fourth-order valence-corrected chi connectivity index (χ4v) is 5.16. The Morgan fingerprint density at radius 2 is 2.00 bits per heavy atom. The van der Waals surface area contributed by atoms with E-state index >= 15 is 0 Å². The van der Waals surface area contributed by atoms with Gasteiger partial charge in [-0.05, 0) is 26.8 Å². The van der Waals surface area contributed by atoms with Gasteiger partial charge in [0.1, 0.15) is 0 Å². The van der Waals surface area contributed by atoms with Crippen LogP contribution in [0.15, 0.2) is 15.8 Å². The van der Waals surface area contributed by atoms with Gasteiger partial charge in [0.25, 0.3) is 13.1 Å². The molecule has 0 bridgehead atoms. The predicted molar refractivity (Wildman–Crippen MR) is 106 cm³/mol. The number of aromatic nitrogens is 2. The van der Waals surface area contributed by atoms with Gasteiger partial charge in [-0.2, -0.15) is 0 Å². The van der Waals surface area contributed by atoms with Gasteiger partial charge in [0, 0.05) is 50.6 Å². The standard InChI is InChI=1S/C17H30N5O5P/c1-12-8-22(17(24)19-16(12)23)15-10-20(2)9-14(27-15)11-26-28(3,25)21-6-4-13(18)5-7-21/h8,13-15H,4-7,9-11,18H2,1-3H3,(H,19,23,24)/t14-,15?,28?/m0/s1. The van der Waals surface area contributed by atoms with Gasteiger partial charge < -0.3 is 15.0 Å². The Balaban J connectivity index is 1.65. The van der Waals surface area contributed by atoms with E-state index in [2.05, 4.69) is 4.98 Å². The summed E-state index contributed by atoms with van der Waals surface area (Å²) in [7, 11) is -1.01. The van der Waals surface area contributed by atoms with E-state index in [0.717, 1.165) is 12.8 Å². The summed E-state index contributed by atoms with van der Waals surface area (Å²) < 4.78 is 28.1.